The van der Waals surface area contributed by atoms with E-state index in [-0.39, 0.29) is 5.41 Å². The van der Waals surface area contributed by atoms with Gasteiger partial charge in [0.05, 0.1) is 5.69 Å². The molecular weight excluding hydrogens is 240 g/mol. The molecule has 0 spiro atoms. The van der Waals surface area contributed by atoms with E-state index >= 15 is 0 Å². The second kappa shape index (κ2) is 5.17. The molecule has 1 aliphatic carbocycles. The highest BCUT2D eigenvalue weighted by atomic mass is 16.5. The molecule has 102 valence electrons. The van der Waals surface area contributed by atoms with Crippen LogP contribution in [0.5, 0.6) is 0 Å². The normalized spacial score (nSPS) is 18.6. The van der Waals surface area contributed by atoms with Gasteiger partial charge >= 0.3 is 0 Å². The Morgan fingerprint density at radius 3 is 2.84 bits per heavy atom. The van der Waals surface area contributed by atoms with E-state index in [9.17, 15) is 0 Å². The van der Waals surface area contributed by atoms with Crippen molar-refractivity contribution in [1.82, 2.24) is 15.1 Å². The highest BCUT2D eigenvalue weighted by molar-refractivity contribution is 5.47. The second-order valence-electron chi connectivity index (χ2n) is 5.54. The van der Waals surface area contributed by atoms with Gasteiger partial charge in [0.15, 0.2) is 0 Å². The van der Waals surface area contributed by atoms with Crippen LogP contribution >= 0.6 is 0 Å². The fraction of sp³-hybridized carbons (Fsp3) is 0.571. The van der Waals surface area contributed by atoms with Crippen molar-refractivity contribution >= 4 is 0 Å². The average Bonchev–Trinajstić information content (AvgIpc) is 3.10. The first kappa shape index (κ1) is 12.4. The first-order chi connectivity index (χ1) is 9.31. The number of hydrogen-bond donors (Lipinski definition) is 2. The predicted octanol–water partition coefficient (Wildman–Crippen LogP) is 2.52. The minimum atomic E-state index is 0.164. The molecule has 0 aromatic carbocycles. The maximum absolute atomic E-state index is 5.99. The molecule has 0 bridgehead atoms. The van der Waals surface area contributed by atoms with Crippen molar-refractivity contribution in [2.24, 2.45) is 11.1 Å². The Hall–Kier alpha value is -1.62. The predicted molar refractivity (Wildman–Crippen MR) is 72.4 cm³/mol. The van der Waals surface area contributed by atoms with Crippen LogP contribution in [0.2, 0.25) is 0 Å². The van der Waals surface area contributed by atoms with E-state index < -0.39 is 0 Å². The van der Waals surface area contributed by atoms with Crippen molar-refractivity contribution in [3.63, 3.8) is 0 Å². The van der Waals surface area contributed by atoms with Gasteiger partial charge in [0.25, 0.3) is 0 Å². The Kier molecular flexibility index (Phi) is 3.38. The van der Waals surface area contributed by atoms with Gasteiger partial charge < -0.3 is 15.2 Å². The molecule has 3 N–H and O–H groups in total. The van der Waals surface area contributed by atoms with Crippen molar-refractivity contribution in [1.29, 1.82) is 0 Å². The number of rotatable bonds is 4. The summed E-state index contributed by atoms with van der Waals surface area (Å²) in [6.45, 7) is 0.702. The lowest BCUT2D eigenvalue weighted by molar-refractivity contribution is 0.177. The van der Waals surface area contributed by atoms with Crippen LogP contribution in [0, 0.1) is 5.41 Å². The Bertz CT molecular complexity index is 511. The Labute approximate surface area is 112 Å². The summed E-state index contributed by atoms with van der Waals surface area (Å²) in [7, 11) is 0. The number of hydrogen-bond acceptors (Lipinski definition) is 4. The van der Waals surface area contributed by atoms with E-state index in [1.165, 1.54) is 32.1 Å². The van der Waals surface area contributed by atoms with Gasteiger partial charge in [0, 0.05) is 12.6 Å². The molecule has 1 aliphatic rings. The number of aromatic nitrogens is 3. The number of aromatic amines is 1. The number of nitrogens with zero attached hydrogens (tertiary/aromatic N) is 2. The molecule has 2 aromatic heterocycles. The maximum Gasteiger partial charge on any atom is 0.227 e. The van der Waals surface area contributed by atoms with Gasteiger partial charge in [-0.3, -0.25) is 0 Å². The van der Waals surface area contributed by atoms with Crippen molar-refractivity contribution in [3.8, 4) is 11.5 Å². The Morgan fingerprint density at radius 1 is 1.32 bits per heavy atom. The molecule has 0 radical (unpaired) electrons. The topological polar surface area (TPSA) is 80.7 Å². The zero-order chi connectivity index (χ0) is 13.1. The molecule has 0 unspecified atom stereocenters. The van der Waals surface area contributed by atoms with E-state index in [4.69, 9.17) is 10.3 Å². The lowest BCUT2D eigenvalue weighted by Crippen LogP contribution is -2.35. The smallest absolute Gasteiger partial charge is 0.227 e. The highest BCUT2D eigenvalue weighted by Gasteiger charge is 2.33. The van der Waals surface area contributed by atoms with E-state index in [0.29, 0.717) is 18.3 Å². The number of H-pyrrole nitrogens is 1. The zero-order valence-corrected chi connectivity index (χ0v) is 11.1. The summed E-state index contributed by atoms with van der Waals surface area (Å²) in [6.07, 6.45) is 8.83. The van der Waals surface area contributed by atoms with Crippen LogP contribution in [-0.4, -0.2) is 21.7 Å². The minimum Gasteiger partial charge on any atom is -0.359 e. The van der Waals surface area contributed by atoms with Crippen LogP contribution in [-0.2, 0) is 6.42 Å². The van der Waals surface area contributed by atoms with Crippen molar-refractivity contribution in [2.75, 3.05) is 6.54 Å². The molecule has 5 nitrogen and oxygen atoms in total. The van der Waals surface area contributed by atoms with Gasteiger partial charge in [-0.15, -0.1) is 0 Å². The fourth-order valence-electron chi connectivity index (χ4n) is 2.98. The fourth-order valence-corrected chi connectivity index (χ4v) is 2.98. The van der Waals surface area contributed by atoms with Crippen LogP contribution in [0.1, 0.15) is 38.0 Å². The molecule has 2 heterocycles. The van der Waals surface area contributed by atoms with E-state index in [1.54, 1.807) is 0 Å². The molecule has 0 atom stereocenters. The summed E-state index contributed by atoms with van der Waals surface area (Å²) in [4.78, 5) is 7.56. The van der Waals surface area contributed by atoms with Gasteiger partial charge in [-0.1, -0.05) is 24.4 Å². The molecule has 3 rings (SSSR count). The number of nitrogens with one attached hydrogen (secondary N) is 1. The molecule has 5 heteroatoms. The van der Waals surface area contributed by atoms with Crippen LogP contribution < -0.4 is 5.73 Å². The van der Waals surface area contributed by atoms with Crippen molar-refractivity contribution < 1.29 is 4.52 Å². The summed E-state index contributed by atoms with van der Waals surface area (Å²) in [5.41, 5.74) is 7.05. The molecule has 19 heavy (non-hydrogen) atoms. The first-order valence-electron chi connectivity index (χ1n) is 6.98. The maximum atomic E-state index is 5.99. The van der Waals surface area contributed by atoms with Gasteiger partial charge in [-0.05, 0) is 36.9 Å². The van der Waals surface area contributed by atoms with Gasteiger partial charge in [0.2, 0.25) is 11.7 Å². The van der Waals surface area contributed by atoms with Crippen molar-refractivity contribution in [2.45, 2.75) is 38.5 Å². The van der Waals surface area contributed by atoms with E-state index in [0.717, 1.165) is 12.1 Å². The third-order valence-electron chi connectivity index (χ3n) is 4.18. The molecular formula is C14H20N4O. The number of nitrogens with two attached hydrogens (primary N) is 1. The standard InChI is InChI=1S/C14H20N4O/c15-10-14(6-2-1-3-7-14)9-12-17-13(18-19-12)11-5-4-8-16-11/h4-5,8,16H,1-3,6-7,9-10,15H2. The molecule has 0 saturated heterocycles. The Balaban J connectivity index is 1.76. The Morgan fingerprint density at radius 2 is 2.16 bits per heavy atom. The lowest BCUT2D eigenvalue weighted by atomic mass is 9.72. The SMILES string of the molecule is NCC1(Cc2nc(-c3ccc[nH]3)no2)CCCCC1. The zero-order valence-electron chi connectivity index (χ0n) is 11.1. The average molecular weight is 260 g/mol. The first-order valence-corrected chi connectivity index (χ1v) is 6.98. The highest BCUT2D eigenvalue weighted by Crippen LogP contribution is 2.38. The molecule has 0 amide bonds. The molecule has 1 fully saturated rings. The van der Waals surface area contributed by atoms with Crippen LogP contribution in [0.3, 0.4) is 0 Å². The van der Waals surface area contributed by atoms with Crippen LogP contribution in [0.15, 0.2) is 22.9 Å². The molecule has 0 aliphatic heterocycles. The third kappa shape index (κ3) is 2.56. The summed E-state index contributed by atoms with van der Waals surface area (Å²) >= 11 is 0. The summed E-state index contributed by atoms with van der Waals surface area (Å²) in [6, 6.07) is 3.86. The molecule has 1 saturated carbocycles. The van der Waals surface area contributed by atoms with E-state index in [1.807, 2.05) is 18.3 Å². The quantitative estimate of drug-likeness (QED) is 0.885. The lowest BCUT2D eigenvalue weighted by Gasteiger charge is -2.34. The molecule has 2 aromatic rings. The minimum absolute atomic E-state index is 0.164. The van der Waals surface area contributed by atoms with Gasteiger partial charge in [-0.25, -0.2) is 0 Å². The third-order valence-corrected chi connectivity index (χ3v) is 4.18. The largest absolute Gasteiger partial charge is 0.359 e. The van der Waals surface area contributed by atoms with E-state index in [2.05, 4.69) is 15.1 Å². The van der Waals surface area contributed by atoms with Crippen LogP contribution in [0.4, 0.5) is 0 Å². The summed E-state index contributed by atoms with van der Waals surface area (Å²) < 4.78 is 5.38. The van der Waals surface area contributed by atoms with Crippen LogP contribution in [0.25, 0.3) is 11.5 Å². The van der Waals surface area contributed by atoms with Gasteiger partial charge in [-0.2, -0.15) is 4.98 Å². The summed E-state index contributed by atoms with van der Waals surface area (Å²) in [5.74, 6) is 1.33. The second-order valence-corrected chi connectivity index (χ2v) is 5.54. The monoisotopic (exact) mass is 260 g/mol. The summed E-state index contributed by atoms with van der Waals surface area (Å²) in [5, 5.41) is 4.03. The van der Waals surface area contributed by atoms with Crippen molar-refractivity contribution in [3.05, 3.63) is 24.2 Å². The van der Waals surface area contributed by atoms with Gasteiger partial charge in [0.1, 0.15) is 0 Å².